The fourth-order valence-corrected chi connectivity index (χ4v) is 2.55. The summed E-state index contributed by atoms with van der Waals surface area (Å²) in [5.41, 5.74) is 6.41. The van der Waals surface area contributed by atoms with Gasteiger partial charge in [0.1, 0.15) is 0 Å². The van der Waals surface area contributed by atoms with Gasteiger partial charge in [-0.1, -0.05) is 19.1 Å². The molecule has 7 heteroatoms. The second-order valence-corrected chi connectivity index (χ2v) is 6.12. The Balaban J connectivity index is 2.62. The van der Waals surface area contributed by atoms with Crippen LogP contribution in [0.15, 0.2) is 29.2 Å². The van der Waals surface area contributed by atoms with Crippen molar-refractivity contribution in [2.24, 2.45) is 5.73 Å². The first-order chi connectivity index (χ1) is 9.49. The third-order valence-corrected chi connectivity index (χ3v) is 4.08. The molecule has 1 aromatic carbocycles. The number of sulfonamides is 1. The number of benzene rings is 1. The van der Waals surface area contributed by atoms with Gasteiger partial charge in [-0.15, -0.1) is 0 Å². The zero-order chi connectivity index (χ0) is 15.0. The molecule has 1 rings (SSSR count). The van der Waals surface area contributed by atoms with E-state index in [0.717, 1.165) is 12.0 Å². The summed E-state index contributed by atoms with van der Waals surface area (Å²) in [6.07, 6.45) is 1.51. The monoisotopic (exact) mass is 299 g/mol. The van der Waals surface area contributed by atoms with Crippen molar-refractivity contribution in [3.05, 3.63) is 29.8 Å². The summed E-state index contributed by atoms with van der Waals surface area (Å²) in [6.45, 7) is 2.72. The zero-order valence-corrected chi connectivity index (χ0v) is 12.4. The molecule has 0 radical (unpaired) electrons. The van der Waals surface area contributed by atoms with E-state index in [1.54, 1.807) is 12.1 Å². The minimum Gasteiger partial charge on any atom is -0.355 e. The van der Waals surface area contributed by atoms with Gasteiger partial charge >= 0.3 is 0 Å². The van der Waals surface area contributed by atoms with E-state index in [9.17, 15) is 13.2 Å². The predicted molar refractivity (Wildman–Crippen MR) is 77.7 cm³/mol. The van der Waals surface area contributed by atoms with Gasteiger partial charge in [0, 0.05) is 6.54 Å². The van der Waals surface area contributed by atoms with E-state index >= 15 is 0 Å². The number of nitrogens with two attached hydrogens (primary N) is 1. The number of amides is 1. The van der Waals surface area contributed by atoms with E-state index < -0.39 is 10.0 Å². The lowest BCUT2D eigenvalue weighted by Crippen LogP contribution is -2.37. The van der Waals surface area contributed by atoms with Crippen LogP contribution in [0.1, 0.15) is 18.9 Å². The number of nitrogens with one attached hydrogen (secondary N) is 2. The van der Waals surface area contributed by atoms with Gasteiger partial charge in [0.25, 0.3) is 0 Å². The average molecular weight is 299 g/mol. The van der Waals surface area contributed by atoms with Crippen LogP contribution in [-0.2, 0) is 21.2 Å². The molecule has 0 saturated carbocycles. The molecule has 4 N–H and O–H groups in total. The lowest BCUT2D eigenvalue weighted by Gasteiger charge is -2.08. The van der Waals surface area contributed by atoms with E-state index in [2.05, 4.69) is 10.0 Å². The van der Waals surface area contributed by atoms with Crippen molar-refractivity contribution in [2.45, 2.75) is 24.7 Å². The third kappa shape index (κ3) is 5.28. The lowest BCUT2D eigenvalue weighted by molar-refractivity contribution is -0.119. The molecule has 0 aliphatic carbocycles. The van der Waals surface area contributed by atoms with Gasteiger partial charge in [0.05, 0.1) is 11.4 Å². The first-order valence-corrected chi connectivity index (χ1v) is 8.03. The molecule has 0 heterocycles. The Kier molecular flexibility index (Phi) is 6.63. The molecule has 1 amide bonds. The van der Waals surface area contributed by atoms with E-state index in [1.165, 1.54) is 12.1 Å². The molecule has 0 aromatic heterocycles. The normalized spacial score (nSPS) is 11.3. The molecular formula is C13H21N3O3S. The van der Waals surface area contributed by atoms with E-state index in [1.807, 2.05) is 6.92 Å². The first-order valence-electron chi connectivity index (χ1n) is 6.55. The quantitative estimate of drug-likeness (QED) is 0.628. The van der Waals surface area contributed by atoms with Crippen LogP contribution in [0.2, 0.25) is 0 Å². The van der Waals surface area contributed by atoms with Crippen LogP contribution in [-0.4, -0.2) is 34.0 Å². The lowest BCUT2D eigenvalue weighted by atomic mass is 10.2. The van der Waals surface area contributed by atoms with Crippen molar-refractivity contribution in [2.75, 3.05) is 19.6 Å². The average Bonchev–Trinajstić information content (AvgIpc) is 2.44. The molecule has 0 atom stereocenters. The Hall–Kier alpha value is -1.44. The Morgan fingerprint density at radius 1 is 1.25 bits per heavy atom. The molecule has 1 aromatic rings. The largest absolute Gasteiger partial charge is 0.355 e. The molecule has 0 unspecified atom stereocenters. The number of hydrogen-bond donors (Lipinski definition) is 3. The highest BCUT2D eigenvalue weighted by molar-refractivity contribution is 7.89. The fraction of sp³-hybridized carbons (Fsp3) is 0.462. The molecule has 112 valence electrons. The van der Waals surface area contributed by atoms with Gasteiger partial charge < -0.3 is 11.1 Å². The maximum Gasteiger partial charge on any atom is 0.241 e. The van der Waals surface area contributed by atoms with Crippen LogP contribution in [0.25, 0.3) is 0 Å². The Morgan fingerprint density at radius 2 is 1.90 bits per heavy atom. The number of hydrogen-bond acceptors (Lipinski definition) is 4. The fourth-order valence-electron chi connectivity index (χ4n) is 1.57. The Bertz CT molecular complexity index is 526. The molecule has 0 fully saturated rings. The van der Waals surface area contributed by atoms with Gasteiger partial charge in [-0.25, -0.2) is 13.1 Å². The van der Waals surface area contributed by atoms with Crippen LogP contribution in [0.4, 0.5) is 0 Å². The molecule has 0 saturated heterocycles. The molecule has 0 aliphatic rings. The van der Waals surface area contributed by atoms with Crippen molar-refractivity contribution in [1.82, 2.24) is 10.0 Å². The van der Waals surface area contributed by atoms with Crippen molar-refractivity contribution in [1.29, 1.82) is 0 Å². The highest BCUT2D eigenvalue weighted by atomic mass is 32.2. The van der Waals surface area contributed by atoms with Gasteiger partial charge in [0.2, 0.25) is 15.9 Å². The smallest absolute Gasteiger partial charge is 0.241 e. The molecule has 20 heavy (non-hydrogen) atoms. The van der Waals surface area contributed by atoms with E-state index in [-0.39, 0.29) is 17.3 Å². The summed E-state index contributed by atoms with van der Waals surface area (Å²) in [7, 11) is -3.65. The summed E-state index contributed by atoms with van der Waals surface area (Å²) < 4.78 is 26.2. The SMILES string of the molecule is CCCNC(=O)CNS(=O)(=O)c1ccc(CCN)cc1. The molecule has 0 bridgehead atoms. The van der Waals surface area contributed by atoms with Crippen LogP contribution in [0, 0.1) is 0 Å². The maximum atomic E-state index is 12.0. The van der Waals surface area contributed by atoms with Crippen LogP contribution in [0.5, 0.6) is 0 Å². The summed E-state index contributed by atoms with van der Waals surface area (Å²) in [5.74, 6) is -0.338. The summed E-state index contributed by atoms with van der Waals surface area (Å²) >= 11 is 0. The van der Waals surface area contributed by atoms with Crippen LogP contribution < -0.4 is 15.8 Å². The standard InChI is InChI=1S/C13H21N3O3S/c1-2-9-15-13(17)10-16-20(18,19)12-5-3-11(4-6-12)7-8-14/h3-6,16H,2,7-10,14H2,1H3,(H,15,17). The second kappa shape index (κ2) is 7.98. The highest BCUT2D eigenvalue weighted by Crippen LogP contribution is 2.10. The first kappa shape index (κ1) is 16.6. The minimum atomic E-state index is -3.65. The van der Waals surface area contributed by atoms with Crippen molar-refractivity contribution < 1.29 is 13.2 Å². The summed E-state index contributed by atoms with van der Waals surface area (Å²) in [4.78, 5) is 11.5. The number of rotatable bonds is 8. The zero-order valence-electron chi connectivity index (χ0n) is 11.6. The number of carbonyl (C=O) groups excluding carboxylic acids is 1. The number of carbonyl (C=O) groups is 1. The Labute approximate surface area is 119 Å². The van der Waals surface area contributed by atoms with Crippen LogP contribution in [0.3, 0.4) is 0 Å². The van der Waals surface area contributed by atoms with Gasteiger partial charge in [-0.2, -0.15) is 0 Å². The highest BCUT2D eigenvalue weighted by Gasteiger charge is 2.14. The summed E-state index contributed by atoms with van der Waals surface area (Å²) in [5, 5.41) is 2.60. The molecule has 0 aliphatic heterocycles. The third-order valence-electron chi connectivity index (χ3n) is 2.66. The topological polar surface area (TPSA) is 101 Å². The van der Waals surface area contributed by atoms with E-state index in [0.29, 0.717) is 19.5 Å². The Morgan fingerprint density at radius 3 is 2.45 bits per heavy atom. The van der Waals surface area contributed by atoms with Gasteiger partial charge in [-0.3, -0.25) is 4.79 Å². The molecule has 6 nitrogen and oxygen atoms in total. The van der Waals surface area contributed by atoms with E-state index in [4.69, 9.17) is 5.73 Å². The van der Waals surface area contributed by atoms with Crippen molar-refractivity contribution in [3.63, 3.8) is 0 Å². The van der Waals surface area contributed by atoms with Crippen molar-refractivity contribution >= 4 is 15.9 Å². The second-order valence-electron chi connectivity index (χ2n) is 4.36. The molecule has 0 spiro atoms. The predicted octanol–water partition coefficient (Wildman–Crippen LogP) is -0.00770. The maximum absolute atomic E-state index is 12.0. The molecular weight excluding hydrogens is 278 g/mol. The summed E-state index contributed by atoms with van der Waals surface area (Å²) in [6, 6.07) is 6.46. The van der Waals surface area contributed by atoms with Gasteiger partial charge in [-0.05, 0) is 37.1 Å². The van der Waals surface area contributed by atoms with Gasteiger partial charge in [0.15, 0.2) is 0 Å². The van der Waals surface area contributed by atoms with Crippen molar-refractivity contribution in [3.8, 4) is 0 Å². The van der Waals surface area contributed by atoms with Crippen LogP contribution >= 0.6 is 0 Å². The minimum absolute atomic E-state index is 0.140.